The van der Waals surface area contributed by atoms with Crippen molar-refractivity contribution in [3.8, 4) is 10.6 Å². The highest BCUT2D eigenvalue weighted by molar-refractivity contribution is 7.18. The number of thiazole rings is 1. The Morgan fingerprint density at radius 3 is 2.83 bits per heavy atom. The van der Waals surface area contributed by atoms with Crippen LogP contribution in [-0.2, 0) is 11.3 Å². The maximum atomic E-state index is 12.2. The van der Waals surface area contributed by atoms with Crippen molar-refractivity contribution in [2.75, 3.05) is 18.0 Å². The molecule has 1 saturated heterocycles. The standard InChI is InChI=1S/C20H24N6OS2/c1-14-11-15(2)26(24-14)13-18(27)23-21-12-17-19(16-7-6-10-28-16)22-20(29-17)25-8-4-3-5-9-25/h6-7,10-12H,3-5,8-9,13H2,1-2H3,(H,23,27). The lowest BCUT2D eigenvalue weighted by atomic mass is 10.1. The van der Waals surface area contributed by atoms with Crippen LogP contribution >= 0.6 is 22.7 Å². The smallest absolute Gasteiger partial charge is 0.261 e. The number of carbonyl (C=O) groups excluding carboxylic acids is 1. The Hall–Kier alpha value is -2.52. The van der Waals surface area contributed by atoms with E-state index in [1.807, 2.05) is 31.4 Å². The summed E-state index contributed by atoms with van der Waals surface area (Å²) in [5, 5.41) is 11.6. The van der Waals surface area contributed by atoms with Gasteiger partial charge in [0, 0.05) is 18.8 Å². The molecule has 3 aromatic heterocycles. The molecule has 7 nitrogen and oxygen atoms in total. The minimum Gasteiger partial charge on any atom is -0.348 e. The zero-order valence-corrected chi connectivity index (χ0v) is 18.2. The van der Waals surface area contributed by atoms with Crippen molar-refractivity contribution in [2.24, 2.45) is 5.10 Å². The lowest BCUT2D eigenvalue weighted by Crippen LogP contribution is -2.29. The van der Waals surface area contributed by atoms with Gasteiger partial charge in [0.25, 0.3) is 5.91 Å². The second-order valence-corrected chi connectivity index (χ2v) is 9.07. The molecule has 1 fully saturated rings. The molecule has 3 aromatic rings. The quantitative estimate of drug-likeness (QED) is 0.478. The second-order valence-electron chi connectivity index (χ2n) is 7.11. The van der Waals surface area contributed by atoms with E-state index in [1.54, 1.807) is 33.6 Å². The van der Waals surface area contributed by atoms with E-state index in [1.165, 1.54) is 19.3 Å². The van der Waals surface area contributed by atoms with Crippen molar-refractivity contribution < 1.29 is 4.79 Å². The summed E-state index contributed by atoms with van der Waals surface area (Å²) in [5.74, 6) is -0.203. The molecule has 0 saturated carbocycles. The van der Waals surface area contributed by atoms with Crippen LogP contribution in [0.25, 0.3) is 10.6 Å². The summed E-state index contributed by atoms with van der Waals surface area (Å²) < 4.78 is 1.68. The minimum absolute atomic E-state index is 0.149. The molecule has 29 heavy (non-hydrogen) atoms. The van der Waals surface area contributed by atoms with E-state index in [0.29, 0.717) is 0 Å². The summed E-state index contributed by atoms with van der Waals surface area (Å²) >= 11 is 3.29. The van der Waals surface area contributed by atoms with Crippen molar-refractivity contribution in [2.45, 2.75) is 39.7 Å². The first-order valence-electron chi connectivity index (χ1n) is 9.73. The molecule has 0 unspecified atom stereocenters. The van der Waals surface area contributed by atoms with Crippen LogP contribution in [0.3, 0.4) is 0 Å². The maximum absolute atomic E-state index is 12.2. The predicted molar refractivity (Wildman–Crippen MR) is 119 cm³/mol. The highest BCUT2D eigenvalue weighted by atomic mass is 32.1. The Kier molecular flexibility index (Phi) is 6.05. The van der Waals surface area contributed by atoms with E-state index in [-0.39, 0.29) is 12.5 Å². The number of aromatic nitrogens is 3. The van der Waals surface area contributed by atoms with E-state index >= 15 is 0 Å². The van der Waals surface area contributed by atoms with Crippen molar-refractivity contribution in [3.05, 3.63) is 39.8 Å². The SMILES string of the molecule is Cc1cc(C)n(CC(=O)NN=Cc2sc(N3CCCCC3)nc2-c2cccs2)n1. The van der Waals surface area contributed by atoms with Crippen LogP contribution in [-0.4, -0.2) is 40.0 Å². The molecular weight excluding hydrogens is 404 g/mol. The topological polar surface area (TPSA) is 75.4 Å². The number of nitrogens with one attached hydrogen (secondary N) is 1. The van der Waals surface area contributed by atoms with Gasteiger partial charge < -0.3 is 4.90 Å². The van der Waals surface area contributed by atoms with Gasteiger partial charge in [-0.25, -0.2) is 10.4 Å². The van der Waals surface area contributed by atoms with E-state index in [0.717, 1.165) is 45.1 Å². The molecule has 152 valence electrons. The number of anilines is 1. The Bertz CT molecular complexity index is 999. The van der Waals surface area contributed by atoms with E-state index in [2.05, 4.69) is 26.6 Å². The molecule has 1 aliphatic heterocycles. The van der Waals surface area contributed by atoms with Crippen LogP contribution in [0.5, 0.6) is 0 Å². The van der Waals surface area contributed by atoms with Crippen molar-refractivity contribution in [1.82, 2.24) is 20.2 Å². The summed E-state index contributed by atoms with van der Waals surface area (Å²) in [6, 6.07) is 6.04. The number of thiophene rings is 1. The van der Waals surface area contributed by atoms with Gasteiger partial charge in [0.2, 0.25) is 0 Å². The van der Waals surface area contributed by atoms with Crippen LogP contribution in [0, 0.1) is 13.8 Å². The highest BCUT2D eigenvalue weighted by Gasteiger charge is 2.19. The number of hydrogen-bond acceptors (Lipinski definition) is 7. The average molecular weight is 429 g/mol. The number of rotatable bonds is 6. The first-order chi connectivity index (χ1) is 14.1. The van der Waals surface area contributed by atoms with Crippen molar-refractivity contribution >= 4 is 39.9 Å². The van der Waals surface area contributed by atoms with Gasteiger partial charge in [-0.1, -0.05) is 17.4 Å². The average Bonchev–Trinajstić information content (AvgIpc) is 3.43. The molecule has 0 aliphatic carbocycles. The van der Waals surface area contributed by atoms with Gasteiger partial charge in [-0.3, -0.25) is 9.48 Å². The molecular formula is C20H24N6OS2. The van der Waals surface area contributed by atoms with Gasteiger partial charge in [0.1, 0.15) is 12.2 Å². The maximum Gasteiger partial charge on any atom is 0.261 e. The molecule has 0 spiro atoms. The molecule has 1 aliphatic rings. The highest BCUT2D eigenvalue weighted by Crippen LogP contribution is 2.35. The van der Waals surface area contributed by atoms with Crippen LogP contribution in [0.4, 0.5) is 5.13 Å². The number of amides is 1. The molecule has 9 heteroatoms. The summed E-state index contributed by atoms with van der Waals surface area (Å²) in [6.45, 7) is 6.09. The minimum atomic E-state index is -0.203. The normalized spacial score (nSPS) is 14.6. The third-order valence-electron chi connectivity index (χ3n) is 4.79. The number of hydrazone groups is 1. The molecule has 0 aromatic carbocycles. The number of carbonyl (C=O) groups is 1. The Balaban J connectivity index is 1.48. The fourth-order valence-electron chi connectivity index (χ4n) is 3.39. The summed E-state index contributed by atoms with van der Waals surface area (Å²) in [7, 11) is 0. The summed E-state index contributed by atoms with van der Waals surface area (Å²) in [5.41, 5.74) is 5.40. The Morgan fingerprint density at radius 2 is 2.14 bits per heavy atom. The van der Waals surface area contributed by atoms with E-state index < -0.39 is 0 Å². The van der Waals surface area contributed by atoms with Crippen molar-refractivity contribution in [1.29, 1.82) is 0 Å². The number of piperidine rings is 1. The third kappa shape index (κ3) is 4.73. The third-order valence-corrected chi connectivity index (χ3v) is 6.72. The number of aryl methyl sites for hydroxylation is 2. The fourth-order valence-corrected chi connectivity index (χ4v) is 5.18. The van der Waals surface area contributed by atoms with Crippen LogP contribution < -0.4 is 10.3 Å². The predicted octanol–water partition coefficient (Wildman–Crippen LogP) is 3.83. The van der Waals surface area contributed by atoms with Crippen LogP contribution in [0.1, 0.15) is 35.5 Å². The zero-order chi connectivity index (χ0) is 20.2. The van der Waals surface area contributed by atoms with E-state index in [4.69, 9.17) is 4.98 Å². The van der Waals surface area contributed by atoms with Crippen LogP contribution in [0.2, 0.25) is 0 Å². The lowest BCUT2D eigenvalue weighted by molar-refractivity contribution is -0.121. The number of nitrogens with zero attached hydrogens (tertiary/aromatic N) is 5. The van der Waals surface area contributed by atoms with Gasteiger partial charge in [-0.15, -0.1) is 11.3 Å². The molecule has 4 heterocycles. The molecule has 1 N–H and O–H groups in total. The molecule has 4 rings (SSSR count). The van der Waals surface area contributed by atoms with Gasteiger partial charge >= 0.3 is 0 Å². The molecule has 1 amide bonds. The molecule has 0 radical (unpaired) electrons. The lowest BCUT2D eigenvalue weighted by Gasteiger charge is -2.25. The van der Waals surface area contributed by atoms with Gasteiger partial charge in [-0.2, -0.15) is 10.2 Å². The number of hydrogen-bond donors (Lipinski definition) is 1. The zero-order valence-electron chi connectivity index (χ0n) is 16.6. The summed E-state index contributed by atoms with van der Waals surface area (Å²) in [4.78, 5) is 21.5. The van der Waals surface area contributed by atoms with Gasteiger partial charge in [0.05, 0.1) is 21.7 Å². The Labute approximate surface area is 178 Å². The first-order valence-corrected chi connectivity index (χ1v) is 11.4. The van der Waals surface area contributed by atoms with Crippen LogP contribution in [0.15, 0.2) is 28.7 Å². The molecule has 0 atom stereocenters. The van der Waals surface area contributed by atoms with Gasteiger partial charge in [-0.05, 0) is 50.6 Å². The monoisotopic (exact) mass is 428 g/mol. The molecule has 0 bridgehead atoms. The first kappa shape index (κ1) is 19.8. The Morgan fingerprint density at radius 1 is 1.31 bits per heavy atom. The fraction of sp³-hybridized carbons (Fsp3) is 0.400. The summed E-state index contributed by atoms with van der Waals surface area (Å²) in [6.07, 6.45) is 5.41. The van der Waals surface area contributed by atoms with E-state index in [9.17, 15) is 4.79 Å². The second kappa shape index (κ2) is 8.87. The largest absolute Gasteiger partial charge is 0.348 e. The van der Waals surface area contributed by atoms with Crippen molar-refractivity contribution in [3.63, 3.8) is 0 Å². The van der Waals surface area contributed by atoms with Gasteiger partial charge in [0.15, 0.2) is 5.13 Å².